The number of likely N-dealkylation sites (tertiary alicyclic amines) is 1. The predicted octanol–water partition coefficient (Wildman–Crippen LogP) is 4.30. The van der Waals surface area contributed by atoms with Crippen LogP contribution in [-0.2, 0) is 13.0 Å². The first-order valence-electron chi connectivity index (χ1n) is 11.5. The highest BCUT2D eigenvalue weighted by molar-refractivity contribution is 6.15. The average molecular weight is 475 g/mol. The minimum absolute atomic E-state index is 0.0962. The Kier molecular flexibility index (Phi) is 4.86. The van der Waals surface area contributed by atoms with Crippen molar-refractivity contribution in [3.63, 3.8) is 0 Å². The monoisotopic (exact) mass is 474 g/mol. The van der Waals surface area contributed by atoms with Crippen molar-refractivity contribution in [3.8, 4) is 5.69 Å². The van der Waals surface area contributed by atoms with Gasteiger partial charge >= 0.3 is 0 Å². The quantitative estimate of drug-likeness (QED) is 0.421. The lowest BCUT2D eigenvalue weighted by molar-refractivity contribution is 0.0115. The Morgan fingerprint density at radius 1 is 1.23 bits per heavy atom. The molecule has 1 aliphatic heterocycles. The number of Topliss-reactive ketones (excluding diaryl/α,β-unsaturated/α-hetero) is 1. The number of carbonyl (C=O) groups is 1. The van der Waals surface area contributed by atoms with E-state index in [-0.39, 0.29) is 24.6 Å². The Balaban J connectivity index is 1.23. The maximum atomic E-state index is 13.5. The van der Waals surface area contributed by atoms with Gasteiger partial charge in [0.15, 0.2) is 5.78 Å². The number of allylic oxidation sites excluding steroid dienone is 1. The topological polar surface area (TPSA) is 92.8 Å². The Morgan fingerprint density at radius 3 is 2.89 bits per heavy atom. The number of alkyl halides is 2. The number of aryl methyl sites for hydroxylation is 1. The first-order valence-corrected chi connectivity index (χ1v) is 11.5. The summed E-state index contributed by atoms with van der Waals surface area (Å²) in [5.41, 5.74) is 12.7. The predicted molar refractivity (Wildman–Crippen MR) is 130 cm³/mol. The molecule has 7 nitrogen and oxygen atoms in total. The number of ketones is 1. The van der Waals surface area contributed by atoms with Crippen LogP contribution >= 0.6 is 0 Å². The number of nitrogen functional groups attached to an aromatic ring is 1. The van der Waals surface area contributed by atoms with Gasteiger partial charge in [-0.25, -0.2) is 18.4 Å². The Labute approximate surface area is 200 Å². The van der Waals surface area contributed by atoms with Crippen molar-refractivity contribution in [3.05, 3.63) is 76.2 Å². The van der Waals surface area contributed by atoms with E-state index in [9.17, 15) is 13.6 Å². The molecule has 0 saturated carbocycles. The van der Waals surface area contributed by atoms with Gasteiger partial charge in [0.25, 0.3) is 5.92 Å². The number of nitrogens with one attached hydrogen (secondary N) is 1. The number of nitrogens with two attached hydrogens (primary N) is 1. The smallest absolute Gasteiger partial charge is 0.261 e. The van der Waals surface area contributed by atoms with Crippen molar-refractivity contribution >= 4 is 28.7 Å². The van der Waals surface area contributed by atoms with Crippen molar-refractivity contribution in [2.24, 2.45) is 0 Å². The maximum Gasteiger partial charge on any atom is 0.261 e. The Bertz CT molecular complexity index is 1520. The van der Waals surface area contributed by atoms with Crippen molar-refractivity contribution in [2.75, 3.05) is 18.8 Å². The molecule has 0 bridgehead atoms. The zero-order valence-electron chi connectivity index (χ0n) is 19.2. The van der Waals surface area contributed by atoms with Gasteiger partial charge in [-0.15, -0.1) is 0 Å². The molecule has 2 aliphatic rings. The van der Waals surface area contributed by atoms with E-state index < -0.39 is 5.92 Å². The van der Waals surface area contributed by atoms with Gasteiger partial charge in [0.1, 0.15) is 11.6 Å². The second kappa shape index (κ2) is 7.84. The molecule has 0 spiro atoms. The van der Waals surface area contributed by atoms with E-state index in [1.54, 1.807) is 9.58 Å². The number of hydrogen-bond donors (Lipinski definition) is 2. The molecule has 1 fully saturated rings. The molecule has 0 radical (unpaired) electrons. The van der Waals surface area contributed by atoms with Gasteiger partial charge < -0.3 is 10.7 Å². The number of fused-ring (bicyclic) bond motifs is 2. The molecule has 1 saturated heterocycles. The third-order valence-corrected chi connectivity index (χ3v) is 6.75. The zero-order chi connectivity index (χ0) is 24.3. The van der Waals surface area contributed by atoms with E-state index in [1.807, 2.05) is 49.4 Å². The van der Waals surface area contributed by atoms with Gasteiger partial charge in [0.2, 0.25) is 0 Å². The highest BCUT2D eigenvalue weighted by Crippen LogP contribution is 2.32. The molecule has 0 atom stereocenters. The summed E-state index contributed by atoms with van der Waals surface area (Å²) in [6, 6.07) is 11.6. The van der Waals surface area contributed by atoms with Crippen LogP contribution in [0.5, 0.6) is 0 Å². The lowest BCUT2D eigenvalue weighted by Gasteiger charge is -2.16. The van der Waals surface area contributed by atoms with Crippen LogP contribution in [0.15, 0.2) is 48.2 Å². The number of rotatable bonds is 5. The SMILES string of the molecule is Cc1nc2ccc(-n3ncc(C(=O)C4=Cc5cc(CN6CCC(F)(F)C6)ccc5C4)c3N)cc2[nH]1. The number of anilines is 1. The first kappa shape index (κ1) is 21.7. The molecule has 1 aliphatic carbocycles. The molecule has 3 N–H and O–H groups in total. The summed E-state index contributed by atoms with van der Waals surface area (Å²) >= 11 is 0. The number of H-pyrrole nitrogens is 1. The summed E-state index contributed by atoms with van der Waals surface area (Å²) in [6.45, 7) is 2.54. The molecule has 3 heterocycles. The summed E-state index contributed by atoms with van der Waals surface area (Å²) < 4.78 is 28.6. The van der Waals surface area contributed by atoms with Gasteiger partial charge in [-0.2, -0.15) is 5.10 Å². The zero-order valence-corrected chi connectivity index (χ0v) is 19.2. The number of aromatic nitrogens is 4. The number of carbonyl (C=O) groups excluding carboxylic acids is 1. The fourth-order valence-electron chi connectivity index (χ4n) is 5.00. The van der Waals surface area contributed by atoms with Crippen molar-refractivity contribution in [2.45, 2.75) is 32.2 Å². The fourth-order valence-corrected chi connectivity index (χ4v) is 5.00. The lowest BCUT2D eigenvalue weighted by atomic mass is 10.0. The van der Waals surface area contributed by atoms with Crippen LogP contribution in [0.25, 0.3) is 22.8 Å². The van der Waals surface area contributed by atoms with Gasteiger partial charge in [0.05, 0.1) is 35.0 Å². The first-order chi connectivity index (χ1) is 16.8. The molecule has 35 heavy (non-hydrogen) atoms. The molecule has 2 aromatic carbocycles. The number of halogens is 2. The number of hydrogen-bond acceptors (Lipinski definition) is 5. The fraction of sp³-hybridized carbons (Fsp3) is 0.269. The molecule has 2 aromatic heterocycles. The second-order valence-electron chi connectivity index (χ2n) is 9.40. The molecular formula is C26H24F2N6O. The minimum atomic E-state index is -2.61. The van der Waals surface area contributed by atoms with Crippen LogP contribution in [0, 0.1) is 6.92 Å². The molecule has 0 unspecified atom stereocenters. The Morgan fingerprint density at radius 2 is 2.09 bits per heavy atom. The van der Waals surface area contributed by atoms with Crippen molar-refractivity contribution in [1.29, 1.82) is 0 Å². The molecule has 4 aromatic rings. The minimum Gasteiger partial charge on any atom is -0.383 e. The summed E-state index contributed by atoms with van der Waals surface area (Å²) in [5, 5.41) is 4.37. The number of benzene rings is 2. The van der Waals surface area contributed by atoms with E-state index >= 15 is 0 Å². The lowest BCUT2D eigenvalue weighted by Crippen LogP contribution is -2.24. The summed E-state index contributed by atoms with van der Waals surface area (Å²) in [6.07, 6.45) is 3.78. The average Bonchev–Trinajstić information content (AvgIpc) is 3.57. The van der Waals surface area contributed by atoms with Gasteiger partial charge in [-0.05, 0) is 47.9 Å². The van der Waals surface area contributed by atoms with Crippen LogP contribution < -0.4 is 5.73 Å². The molecule has 178 valence electrons. The summed E-state index contributed by atoms with van der Waals surface area (Å²) in [7, 11) is 0. The van der Waals surface area contributed by atoms with Gasteiger partial charge in [0, 0.05) is 31.5 Å². The number of aromatic amines is 1. The highest BCUT2D eigenvalue weighted by Gasteiger charge is 2.38. The van der Waals surface area contributed by atoms with E-state index in [4.69, 9.17) is 5.73 Å². The van der Waals surface area contributed by atoms with Crippen LogP contribution in [0.1, 0.15) is 39.3 Å². The van der Waals surface area contributed by atoms with Crippen LogP contribution in [-0.4, -0.2) is 49.4 Å². The third kappa shape index (κ3) is 3.91. The largest absolute Gasteiger partial charge is 0.383 e. The Hall–Kier alpha value is -3.85. The summed E-state index contributed by atoms with van der Waals surface area (Å²) in [5.74, 6) is -1.68. The van der Waals surface area contributed by atoms with Crippen LogP contribution in [0.3, 0.4) is 0 Å². The van der Waals surface area contributed by atoms with E-state index in [1.165, 1.54) is 6.20 Å². The van der Waals surface area contributed by atoms with E-state index in [0.717, 1.165) is 39.2 Å². The molecular weight excluding hydrogens is 450 g/mol. The number of imidazole rings is 1. The standard InChI is InChI=1S/C26H24F2N6O/c1-15-31-22-5-4-20(11-23(22)32-15)34-25(29)21(12-30-34)24(35)19-9-17-3-2-16(8-18(17)10-19)13-33-7-6-26(27,28)14-33/h2-5,8,10-12H,6-7,9,13-14,29H2,1H3,(H,31,32). The van der Waals surface area contributed by atoms with Gasteiger partial charge in [-0.3, -0.25) is 9.69 Å². The maximum absolute atomic E-state index is 13.5. The molecule has 6 rings (SSSR count). The van der Waals surface area contributed by atoms with E-state index in [2.05, 4.69) is 15.1 Å². The number of nitrogens with zero attached hydrogens (tertiary/aromatic N) is 4. The van der Waals surface area contributed by atoms with Crippen LogP contribution in [0.4, 0.5) is 14.6 Å². The van der Waals surface area contributed by atoms with Crippen LogP contribution in [0.2, 0.25) is 0 Å². The summed E-state index contributed by atoms with van der Waals surface area (Å²) in [4.78, 5) is 22.7. The van der Waals surface area contributed by atoms with Crippen molar-refractivity contribution < 1.29 is 13.6 Å². The van der Waals surface area contributed by atoms with E-state index in [0.29, 0.717) is 30.6 Å². The molecule has 9 heteroatoms. The van der Waals surface area contributed by atoms with Crippen molar-refractivity contribution in [1.82, 2.24) is 24.6 Å². The highest BCUT2D eigenvalue weighted by atomic mass is 19.3. The molecule has 0 amide bonds. The third-order valence-electron chi connectivity index (χ3n) is 6.75. The normalized spacial score (nSPS) is 17.2. The van der Waals surface area contributed by atoms with Gasteiger partial charge in [-0.1, -0.05) is 18.2 Å². The second-order valence-corrected chi connectivity index (χ2v) is 9.40.